The fraction of sp³-hybridized carbons (Fsp3) is 0.583. The number of nitrogens with zero attached hydrogens (tertiary/aromatic N) is 2. The van der Waals surface area contributed by atoms with Crippen LogP contribution in [0.4, 0.5) is 0 Å². The molecule has 1 atom stereocenters. The Morgan fingerprint density at radius 1 is 1.52 bits per heavy atom. The Bertz CT molecular complexity index is 642. The summed E-state index contributed by atoms with van der Waals surface area (Å²) in [4.78, 5) is 14.7. The molecule has 118 valence electrons. The standard InChI is InChI=1S/C12H18BrN3O3S2/c1-8-10(6-11(13)20-8)21(18,19)16-5-4-14-7-9(16)12(17)15(2)3/h6,9,14H,4-5,7H2,1-3H3. The van der Waals surface area contributed by atoms with Gasteiger partial charge in [0.05, 0.1) is 8.68 Å². The van der Waals surface area contributed by atoms with Gasteiger partial charge in [-0.15, -0.1) is 11.3 Å². The van der Waals surface area contributed by atoms with E-state index in [-0.39, 0.29) is 10.8 Å². The zero-order chi connectivity index (χ0) is 15.8. The molecular weight excluding hydrogens is 378 g/mol. The first-order chi connectivity index (χ1) is 9.75. The number of amides is 1. The number of nitrogens with one attached hydrogen (secondary N) is 1. The van der Waals surface area contributed by atoms with Crippen LogP contribution in [0.25, 0.3) is 0 Å². The molecule has 1 aromatic rings. The summed E-state index contributed by atoms with van der Waals surface area (Å²) in [6, 6.07) is 0.908. The Morgan fingerprint density at radius 2 is 2.19 bits per heavy atom. The van der Waals surface area contributed by atoms with Gasteiger partial charge in [0.2, 0.25) is 15.9 Å². The molecule has 1 saturated heterocycles. The van der Waals surface area contributed by atoms with Crippen molar-refractivity contribution in [1.29, 1.82) is 0 Å². The minimum absolute atomic E-state index is 0.210. The number of thiophene rings is 1. The second kappa shape index (κ2) is 6.33. The van der Waals surface area contributed by atoms with Crippen LogP contribution in [-0.4, -0.2) is 63.3 Å². The van der Waals surface area contributed by atoms with Crippen molar-refractivity contribution in [3.05, 3.63) is 14.7 Å². The Morgan fingerprint density at radius 3 is 2.71 bits per heavy atom. The molecule has 1 aromatic heterocycles. The molecular formula is C12H18BrN3O3S2. The number of hydrogen-bond donors (Lipinski definition) is 1. The highest BCUT2D eigenvalue weighted by Crippen LogP contribution is 2.32. The molecule has 0 aromatic carbocycles. The van der Waals surface area contributed by atoms with Crippen molar-refractivity contribution in [2.24, 2.45) is 0 Å². The maximum Gasteiger partial charge on any atom is 0.245 e. The maximum absolute atomic E-state index is 12.9. The summed E-state index contributed by atoms with van der Waals surface area (Å²) in [5.41, 5.74) is 0. The number of carbonyl (C=O) groups excluding carboxylic acids is 1. The number of sulfonamides is 1. The third-order valence-corrected chi connectivity index (χ3v) is 7.07. The summed E-state index contributed by atoms with van der Waals surface area (Å²) in [6.07, 6.45) is 0. The number of likely N-dealkylation sites (N-methyl/N-ethyl adjacent to an activating group) is 1. The van der Waals surface area contributed by atoms with Crippen LogP contribution in [0.5, 0.6) is 0 Å². The highest BCUT2D eigenvalue weighted by Gasteiger charge is 2.39. The smallest absolute Gasteiger partial charge is 0.245 e. The van der Waals surface area contributed by atoms with E-state index >= 15 is 0 Å². The van der Waals surface area contributed by atoms with Crippen LogP contribution in [-0.2, 0) is 14.8 Å². The molecule has 2 heterocycles. The van der Waals surface area contributed by atoms with Gasteiger partial charge in [-0.1, -0.05) is 0 Å². The van der Waals surface area contributed by atoms with Gasteiger partial charge >= 0.3 is 0 Å². The van der Waals surface area contributed by atoms with Crippen molar-refractivity contribution in [3.63, 3.8) is 0 Å². The first-order valence-corrected chi connectivity index (χ1v) is 9.49. The molecule has 1 amide bonds. The molecule has 1 fully saturated rings. The van der Waals surface area contributed by atoms with E-state index in [2.05, 4.69) is 21.2 Å². The Kier molecular flexibility index (Phi) is 5.09. The van der Waals surface area contributed by atoms with E-state index in [1.54, 1.807) is 27.1 Å². The normalized spacial score (nSPS) is 20.5. The van der Waals surface area contributed by atoms with Crippen LogP contribution < -0.4 is 5.32 Å². The van der Waals surface area contributed by atoms with Gasteiger partial charge in [0.25, 0.3) is 0 Å². The predicted molar refractivity (Wildman–Crippen MR) is 86.0 cm³/mol. The minimum Gasteiger partial charge on any atom is -0.347 e. The average Bonchev–Trinajstić information content (AvgIpc) is 2.77. The van der Waals surface area contributed by atoms with Gasteiger partial charge in [0.15, 0.2) is 0 Å². The van der Waals surface area contributed by atoms with Gasteiger partial charge in [-0.25, -0.2) is 8.42 Å². The summed E-state index contributed by atoms with van der Waals surface area (Å²) in [5.74, 6) is -0.210. The largest absolute Gasteiger partial charge is 0.347 e. The third kappa shape index (κ3) is 3.31. The highest BCUT2D eigenvalue weighted by atomic mass is 79.9. The van der Waals surface area contributed by atoms with Gasteiger partial charge in [0.1, 0.15) is 6.04 Å². The van der Waals surface area contributed by atoms with Crippen LogP contribution in [0.3, 0.4) is 0 Å². The van der Waals surface area contributed by atoms with E-state index in [1.165, 1.54) is 20.5 Å². The summed E-state index contributed by atoms with van der Waals surface area (Å²) in [5, 5.41) is 3.08. The first-order valence-electron chi connectivity index (χ1n) is 6.45. The second-order valence-corrected chi connectivity index (χ2v) is 9.53. The number of aryl methyl sites for hydroxylation is 1. The predicted octanol–water partition coefficient (Wildman–Crippen LogP) is 0.870. The number of piperazine rings is 1. The van der Waals surface area contributed by atoms with Crippen molar-refractivity contribution < 1.29 is 13.2 Å². The fourth-order valence-corrected chi connectivity index (χ4v) is 6.26. The molecule has 9 heteroatoms. The fourth-order valence-electron chi connectivity index (χ4n) is 2.30. The number of halogens is 1. The topological polar surface area (TPSA) is 69.7 Å². The molecule has 1 unspecified atom stereocenters. The quantitative estimate of drug-likeness (QED) is 0.823. The van der Waals surface area contributed by atoms with E-state index < -0.39 is 16.1 Å². The lowest BCUT2D eigenvalue weighted by Crippen LogP contribution is -2.59. The number of rotatable bonds is 3. The summed E-state index contributed by atoms with van der Waals surface area (Å²) in [6.45, 7) is 2.94. The van der Waals surface area contributed by atoms with Crippen molar-refractivity contribution in [2.75, 3.05) is 33.7 Å². The molecule has 0 aliphatic carbocycles. The van der Waals surface area contributed by atoms with E-state index in [4.69, 9.17) is 0 Å². The molecule has 0 spiro atoms. The Labute approximate surface area is 137 Å². The molecule has 1 aliphatic heterocycles. The van der Waals surface area contributed by atoms with E-state index in [1.807, 2.05) is 0 Å². The summed E-state index contributed by atoms with van der Waals surface area (Å²) in [7, 11) is -0.407. The van der Waals surface area contributed by atoms with Gasteiger partial charge in [0, 0.05) is 38.6 Å². The SMILES string of the molecule is Cc1sc(Br)cc1S(=O)(=O)N1CCNCC1C(=O)N(C)C. The number of carbonyl (C=O) groups is 1. The summed E-state index contributed by atoms with van der Waals surface area (Å²) < 4.78 is 27.8. The zero-order valence-electron chi connectivity index (χ0n) is 12.1. The van der Waals surface area contributed by atoms with Gasteiger partial charge in [-0.3, -0.25) is 4.79 Å². The van der Waals surface area contributed by atoms with Crippen LogP contribution in [0.1, 0.15) is 4.88 Å². The van der Waals surface area contributed by atoms with Crippen molar-refractivity contribution in [1.82, 2.24) is 14.5 Å². The maximum atomic E-state index is 12.9. The second-order valence-electron chi connectivity index (χ2n) is 5.04. The monoisotopic (exact) mass is 395 g/mol. The Hall–Kier alpha value is -0.480. The van der Waals surface area contributed by atoms with Crippen LogP contribution in [0.2, 0.25) is 0 Å². The number of hydrogen-bond acceptors (Lipinski definition) is 5. The molecule has 21 heavy (non-hydrogen) atoms. The molecule has 2 rings (SSSR count). The van der Waals surface area contributed by atoms with Crippen molar-refractivity contribution in [3.8, 4) is 0 Å². The van der Waals surface area contributed by atoms with Gasteiger partial charge in [-0.2, -0.15) is 4.31 Å². The lowest BCUT2D eigenvalue weighted by molar-refractivity contribution is -0.133. The molecule has 6 nitrogen and oxygen atoms in total. The molecule has 1 aliphatic rings. The van der Waals surface area contributed by atoms with Crippen LogP contribution in [0, 0.1) is 6.92 Å². The Balaban J connectivity index is 2.41. The molecule has 0 radical (unpaired) electrons. The highest BCUT2D eigenvalue weighted by molar-refractivity contribution is 9.11. The average molecular weight is 396 g/mol. The zero-order valence-corrected chi connectivity index (χ0v) is 15.3. The third-order valence-electron chi connectivity index (χ3n) is 3.35. The van der Waals surface area contributed by atoms with Gasteiger partial charge in [-0.05, 0) is 28.9 Å². The lowest BCUT2D eigenvalue weighted by atomic mass is 10.2. The van der Waals surface area contributed by atoms with E-state index in [0.29, 0.717) is 19.6 Å². The van der Waals surface area contributed by atoms with Crippen molar-refractivity contribution >= 4 is 43.2 Å². The molecule has 0 saturated carbocycles. The van der Waals surface area contributed by atoms with E-state index in [9.17, 15) is 13.2 Å². The van der Waals surface area contributed by atoms with Gasteiger partial charge < -0.3 is 10.2 Å². The minimum atomic E-state index is -3.67. The van der Waals surface area contributed by atoms with E-state index in [0.717, 1.165) is 8.66 Å². The first kappa shape index (κ1) is 16.9. The molecule has 1 N–H and O–H groups in total. The van der Waals surface area contributed by atoms with Crippen LogP contribution in [0.15, 0.2) is 14.7 Å². The lowest BCUT2D eigenvalue weighted by Gasteiger charge is -2.35. The van der Waals surface area contributed by atoms with Crippen molar-refractivity contribution in [2.45, 2.75) is 17.9 Å². The summed E-state index contributed by atoms with van der Waals surface area (Å²) >= 11 is 4.69. The van der Waals surface area contributed by atoms with Crippen LogP contribution >= 0.6 is 27.3 Å². The molecule has 0 bridgehead atoms.